The summed E-state index contributed by atoms with van der Waals surface area (Å²) < 4.78 is 0. The summed E-state index contributed by atoms with van der Waals surface area (Å²) in [7, 11) is 0. The first kappa shape index (κ1) is 20.3. The van der Waals surface area contributed by atoms with Crippen LogP contribution in [0.2, 0.25) is 0 Å². The van der Waals surface area contributed by atoms with E-state index in [2.05, 4.69) is 0 Å². The predicted molar refractivity (Wildman–Crippen MR) is 31.8 cm³/mol. The number of carbonyl (C=O) groups excluding carboxylic acids is 2. The fraction of sp³-hybridized carbons (Fsp3) is 0.500. The predicted octanol–water partition coefficient (Wildman–Crippen LogP) is -6.92. The first-order valence-corrected chi connectivity index (χ1v) is 3.13. The maximum absolute atomic E-state index is 10.3. The summed E-state index contributed by atoms with van der Waals surface area (Å²) in [6, 6.07) is 0. The summed E-state index contributed by atoms with van der Waals surface area (Å²) in [5.41, 5.74) is -2.86. The minimum atomic E-state index is -2.86. The Bertz CT molecular complexity index is 238. The second-order valence-corrected chi connectivity index (χ2v) is 2.43. The average molecular weight is 269 g/mol. The van der Waals surface area contributed by atoms with Gasteiger partial charge in [0.05, 0.1) is 0 Å². The van der Waals surface area contributed by atoms with Gasteiger partial charge in [-0.25, -0.2) is 4.79 Å². The Morgan fingerprint density at radius 3 is 1.47 bits per heavy atom. The molecule has 1 radical (unpaired) electrons. The van der Waals surface area contributed by atoms with Gasteiger partial charge < -0.3 is 30.0 Å². The molecule has 2 N–H and O–H groups in total. The summed E-state index contributed by atoms with van der Waals surface area (Å²) in [4.78, 5) is 30.2. The standard InChI is InChI=1S/C6H8O7.Fe.Na/c7-3(8)1-6(13,5(11)12)2-4(9)10;;/h13H,1-2H2,(H,7,8)(H,9,10)(H,11,12);;/q;2*+1/p-2. The molecule has 0 unspecified atom stereocenters. The van der Waals surface area contributed by atoms with Gasteiger partial charge in [0, 0.05) is 24.8 Å². The molecule has 0 rings (SSSR count). The molecule has 0 spiro atoms. The van der Waals surface area contributed by atoms with Crippen LogP contribution in [-0.2, 0) is 31.5 Å². The van der Waals surface area contributed by atoms with Gasteiger partial charge in [-0.05, 0) is 0 Å². The summed E-state index contributed by atoms with van der Waals surface area (Å²) in [6.07, 6.45) is -2.59. The number of carboxylic acid groups (broad SMARTS) is 3. The molecule has 0 fully saturated rings. The van der Waals surface area contributed by atoms with Gasteiger partial charge in [0.2, 0.25) is 0 Å². The molecule has 0 amide bonds. The van der Waals surface area contributed by atoms with Crippen molar-refractivity contribution in [2.75, 3.05) is 0 Å². The zero-order valence-corrected chi connectivity index (χ0v) is 10.8. The van der Waals surface area contributed by atoms with Crippen molar-refractivity contribution in [3.63, 3.8) is 0 Å². The van der Waals surface area contributed by atoms with E-state index < -0.39 is 36.4 Å². The van der Waals surface area contributed by atoms with Crippen LogP contribution in [0.25, 0.3) is 0 Å². The number of hydrogen-bond donors (Lipinski definition) is 2. The van der Waals surface area contributed by atoms with Gasteiger partial charge >= 0.3 is 52.6 Å². The molecule has 0 aliphatic carbocycles. The van der Waals surface area contributed by atoms with Gasteiger partial charge in [-0.15, -0.1) is 0 Å². The number of aliphatic carboxylic acids is 3. The summed E-state index contributed by atoms with van der Waals surface area (Å²) in [6.45, 7) is 0. The molecule has 0 atom stereocenters. The Morgan fingerprint density at radius 1 is 1.07 bits per heavy atom. The number of rotatable bonds is 5. The molecule has 9 heteroatoms. The van der Waals surface area contributed by atoms with E-state index in [0.29, 0.717) is 0 Å². The van der Waals surface area contributed by atoms with Gasteiger partial charge in [-0.1, -0.05) is 0 Å². The van der Waals surface area contributed by atoms with E-state index in [-0.39, 0.29) is 46.6 Å². The zero-order valence-electron chi connectivity index (χ0n) is 7.70. The van der Waals surface area contributed by atoms with E-state index in [0.717, 1.165) is 0 Å². The van der Waals surface area contributed by atoms with Crippen LogP contribution in [0.5, 0.6) is 0 Å². The molecular formula is C6H6FeNaO7. The zero-order chi connectivity index (χ0) is 10.6. The number of carboxylic acids is 3. The third kappa shape index (κ3) is 7.78. The van der Waals surface area contributed by atoms with Crippen molar-refractivity contribution in [2.45, 2.75) is 18.4 Å². The van der Waals surface area contributed by atoms with E-state index in [9.17, 15) is 24.6 Å². The van der Waals surface area contributed by atoms with Gasteiger partial charge in [-0.3, -0.25) is 0 Å². The van der Waals surface area contributed by atoms with E-state index >= 15 is 0 Å². The molecule has 0 aromatic rings. The van der Waals surface area contributed by atoms with E-state index in [1.165, 1.54) is 0 Å². The first-order valence-electron chi connectivity index (χ1n) is 3.13. The largest absolute Gasteiger partial charge is 1.00 e. The van der Waals surface area contributed by atoms with Gasteiger partial charge in [0.1, 0.15) is 0 Å². The van der Waals surface area contributed by atoms with Gasteiger partial charge in [0.15, 0.2) is 5.60 Å². The van der Waals surface area contributed by atoms with Crippen LogP contribution < -0.4 is 39.8 Å². The number of carbonyl (C=O) groups is 3. The van der Waals surface area contributed by atoms with Crippen LogP contribution in [0.3, 0.4) is 0 Å². The van der Waals surface area contributed by atoms with Gasteiger partial charge in [-0.2, -0.15) is 0 Å². The molecule has 7 nitrogen and oxygen atoms in total. The minimum Gasteiger partial charge on any atom is -0.550 e. The van der Waals surface area contributed by atoms with Crippen molar-refractivity contribution in [1.29, 1.82) is 0 Å². The van der Waals surface area contributed by atoms with Crippen molar-refractivity contribution < 1.29 is 81.4 Å². The molecule has 0 saturated carbocycles. The topological polar surface area (TPSA) is 138 Å². The first-order chi connectivity index (χ1) is 5.78. The monoisotopic (exact) mass is 269 g/mol. The number of aliphatic hydroxyl groups is 1. The van der Waals surface area contributed by atoms with Crippen molar-refractivity contribution in [3.8, 4) is 0 Å². The SMILES string of the molecule is O=C([O-])CC(O)(CC(=O)[O-])C(=O)O.[Fe+].[Na+]. The molecule has 0 heterocycles. The second-order valence-electron chi connectivity index (χ2n) is 2.43. The average Bonchev–Trinajstić information content (AvgIpc) is 1.82. The third-order valence-electron chi connectivity index (χ3n) is 1.27. The summed E-state index contributed by atoms with van der Waals surface area (Å²) >= 11 is 0. The molecular weight excluding hydrogens is 263 g/mol. The Morgan fingerprint density at radius 2 is 1.33 bits per heavy atom. The molecule has 15 heavy (non-hydrogen) atoms. The summed E-state index contributed by atoms with van der Waals surface area (Å²) in [5.74, 6) is -5.65. The van der Waals surface area contributed by atoms with Crippen LogP contribution in [0.15, 0.2) is 0 Å². The molecule has 0 aliphatic heterocycles. The second kappa shape index (κ2) is 8.09. The van der Waals surface area contributed by atoms with Crippen LogP contribution in [-0.4, -0.2) is 33.7 Å². The van der Waals surface area contributed by atoms with E-state index in [1.54, 1.807) is 0 Å². The van der Waals surface area contributed by atoms with Crippen molar-refractivity contribution in [2.24, 2.45) is 0 Å². The number of hydrogen-bond acceptors (Lipinski definition) is 6. The molecule has 0 saturated heterocycles. The van der Waals surface area contributed by atoms with Gasteiger partial charge in [0.25, 0.3) is 0 Å². The Balaban J connectivity index is -0.000000720. The van der Waals surface area contributed by atoms with Crippen molar-refractivity contribution in [3.05, 3.63) is 0 Å². The van der Waals surface area contributed by atoms with E-state index in [1.807, 2.05) is 0 Å². The molecule has 0 aromatic heterocycles. The van der Waals surface area contributed by atoms with Crippen LogP contribution >= 0.6 is 0 Å². The van der Waals surface area contributed by atoms with Crippen molar-refractivity contribution in [1.82, 2.24) is 0 Å². The smallest absolute Gasteiger partial charge is 0.550 e. The Hall–Kier alpha value is -0.111. The fourth-order valence-corrected chi connectivity index (χ4v) is 0.691. The minimum absolute atomic E-state index is 0. The fourth-order valence-electron chi connectivity index (χ4n) is 0.691. The maximum Gasteiger partial charge on any atom is 1.00 e. The van der Waals surface area contributed by atoms with Crippen molar-refractivity contribution >= 4 is 17.9 Å². The maximum atomic E-state index is 10.3. The van der Waals surface area contributed by atoms with Crippen LogP contribution in [0.1, 0.15) is 12.8 Å². The van der Waals surface area contributed by atoms with Crippen LogP contribution in [0.4, 0.5) is 0 Å². The third-order valence-corrected chi connectivity index (χ3v) is 1.27. The van der Waals surface area contributed by atoms with E-state index in [4.69, 9.17) is 10.2 Å². The Kier molecular flexibility index (Phi) is 11.0. The molecule has 0 aliphatic rings. The summed E-state index contributed by atoms with van der Waals surface area (Å²) in [5, 5.41) is 37.2. The van der Waals surface area contributed by atoms with Crippen LogP contribution in [0, 0.1) is 0 Å². The normalized spacial score (nSPS) is 9.40. The molecule has 81 valence electrons. The molecule has 0 bridgehead atoms. The quantitative estimate of drug-likeness (QED) is 0.473. The molecule has 0 aromatic carbocycles. The Labute approximate surface area is 117 Å².